The van der Waals surface area contributed by atoms with E-state index < -0.39 is 0 Å². The lowest BCUT2D eigenvalue weighted by Crippen LogP contribution is -2.45. The fourth-order valence-corrected chi connectivity index (χ4v) is 2.16. The molecule has 17 heavy (non-hydrogen) atoms. The highest BCUT2D eigenvalue weighted by Crippen LogP contribution is 2.39. The Bertz CT molecular complexity index is 453. The molecule has 2 rings (SSSR count). The van der Waals surface area contributed by atoms with E-state index in [2.05, 4.69) is 5.32 Å². The predicted octanol–water partition coefficient (Wildman–Crippen LogP) is 2.96. The van der Waals surface area contributed by atoms with Gasteiger partial charge in [0.25, 0.3) is 5.91 Å². The molecular formula is C13H16ClNO2. The number of hydrogen-bond acceptors (Lipinski definition) is 2. The van der Waals surface area contributed by atoms with Crippen LogP contribution >= 0.6 is 11.6 Å². The van der Waals surface area contributed by atoms with Crippen molar-refractivity contribution in [2.24, 2.45) is 5.92 Å². The van der Waals surface area contributed by atoms with Crippen LogP contribution in [0, 0.1) is 5.92 Å². The van der Waals surface area contributed by atoms with Crippen molar-refractivity contribution in [2.75, 3.05) is 0 Å². The van der Waals surface area contributed by atoms with Gasteiger partial charge >= 0.3 is 0 Å². The molecule has 0 aromatic heterocycles. The summed E-state index contributed by atoms with van der Waals surface area (Å²) in [5.74, 6) is 0.356. The number of hydrogen-bond donors (Lipinski definition) is 2. The highest BCUT2D eigenvalue weighted by Gasteiger charge is 2.39. The molecule has 0 aliphatic heterocycles. The molecule has 1 aliphatic carbocycles. The summed E-state index contributed by atoms with van der Waals surface area (Å²) in [6.07, 6.45) is 2.31. The first-order chi connectivity index (χ1) is 7.90. The summed E-state index contributed by atoms with van der Waals surface area (Å²) in [7, 11) is 0. The number of amides is 1. The van der Waals surface area contributed by atoms with E-state index in [4.69, 9.17) is 11.6 Å². The van der Waals surface area contributed by atoms with Gasteiger partial charge in [0, 0.05) is 5.54 Å². The second-order valence-corrected chi connectivity index (χ2v) is 5.52. The minimum Gasteiger partial charge on any atom is -0.508 e. The molecule has 0 radical (unpaired) electrons. The summed E-state index contributed by atoms with van der Waals surface area (Å²) in [5, 5.41) is 12.7. The number of halogens is 1. The maximum atomic E-state index is 12.1. The van der Waals surface area contributed by atoms with Crippen LogP contribution in [0.15, 0.2) is 18.2 Å². The number of benzene rings is 1. The molecule has 1 fully saturated rings. The summed E-state index contributed by atoms with van der Waals surface area (Å²) in [4.78, 5) is 12.1. The number of carbonyl (C=O) groups is 1. The molecule has 1 saturated carbocycles. The maximum absolute atomic E-state index is 12.1. The molecule has 1 aliphatic rings. The molecule has 0 atom stereocenters. The molecule has 3 nitrogen and oxygen atoms in total. The van der Waals surface area contributed by atoms with E-state index in [9.17, 15) is 9.90 Å². The van der Waals surface area contributed by atoms with E-state index in [-0.39, 0.29) is 17.2 Å². The van der Waals surface area contributed by atoms with Gasteiger partial charge in [-0.25, -0.2) is 0 Å². The third-order valence-electron chi connectivity index (χ3n) is 3.23. The van der Waals surface area contributed by atoms with Gasteiger partial charge in [0.1, 0.15) is 5.75 Å². The summed E-state index contributed by atoms with van der Waals surface area (Å²) in [6.45, 7) is 4.03. The monoisotopic (exact) mass is 253 g/mol. The normalized spacial score (nSPS) is 15.7. The van der Waals surface area contributed by atoms with Gasteiger partial charge in [-0.15, -0.1) is 0 Å². The van der Waals surface area contributed by atoms with Gasteiger partial charge in [0.2, 0.25) is 0 Å². The van der Waals surface area contributed by atoms with Crippen LogP contribution in [0.2, 0.25) is 5.02 Å². The minimum absolute atomic E-state index is 0.0452. The fourth-order valence-electron chi connectivity index (χ4n) is 1.95. The van der Waals surface area contributed by atoms with Crippen LogP contribution in [-0.2, 0) is 0 Å². The molecule has 0 unspecified atom stereocenters. The van der Waals surface area contributed by atoms with Crippen LogP contribution in [0.5, 0.6) is 5.75 Å². The highest BCUT2D eigenvalue weighted by atomic mass is 35.5. The molecule has 2 N–H and O–H groups in total. The molecule has 1 aromatic rings. The molecule has 92 valence electrons. The lowest BCUT2D eigenvalue weighted by molar-refractivity contribution is 0.0903. The molecule has 1 amide bonds. The summed E-state index contributed by atoms with van der Waals surface area (Å²) in [6, 6.07) is 4.38. The topological polar surface area (TPSA) is 49.3 Å². The van der Waals surface area contributed by atoms with E-state index in [1.54, 1.807) is 0 Å². The van der Waals surface area contributed by atoms with Crippen LogP contribution in [0.4, 0.5) is 0 Å². The van der Waals surface area contributed by atoms with E-state index in [1.807, 2.05) is 13.8 Å². The predicted molar refractivity (Wildman–Crippen MR) is 67.4 cm³/mol. The standard InChI is InChI=1S/C13H16ClNO2/c1-13(2,8-3-4-8)15-12(17)10-7-9(16)5-6-11(10)14/h5-8,16H,3-4H2,1-2H3,(H,15,17). The highest BCUT2D eigenvalue weighted by molar-refractivity contribution is 6.33. The molecule has 0 heterocycles. The Morgan fingerprint density at radius 1 is 1.47 bits per heavy atom. The van der Waals surface area contributed by atoms with Gasteiger partial charge in [-0.05, 0) is 50.8 Å². The van der Waals surface area contributed by atoms with Crippen LogP contribution in [0.1, 0.15) is 37.0 Å². The summed E-state index contributed by atoms with van der Waals surface area (Å²) < 4.78 is 0. The van der Waals surface area contributed by atoms with Crippen LogP contribution < -0.4 is 5.32 Å². The van der Waals surface area contributed by atoms with Crippen molar-refractivity contribution < 1.29 is 9.90 Å². The lowest BCUT2D eigenvalue weighted by Gasteiger charge is -2.26. The molecule has 0 spiro atoms. The van der Waals surface area contributed by atoms with E-state index in [1.165, 1.54) is 18.2 Å². The average Bonchev–Trinajstić information content (AvgIpc) is 3.04. The van der Waals surface area contributed by atoms with Crippen molar-refractivity contribution in [3.8, 4) is 5.75 Å². The number of nitrogens with one attached hydrogen (secondary N) is 1. The van der Waals surface area contributed by atoms with Crippen molar-refractivity contribution in [2.45, 2.75) is 32.2 Å². The third-order valence-corrected chi connectivity index (χ3v) is 3.56. The van der Waals surface area contributed by atoms with Gasteiger partial charge in [0.15, 0.2) is 0 Å². The maximum Gasteiger partial charge on any atom is 0.253 e. The molecule has 4 heteroatoms. The lowest BCUT2D eigenvalue weighted by atomic mass is 9.98. The zero-order valence-electron chi connectivity index (χ0n) is 9.96. The van der Waals surface area contributed by atoms with Gasteiger partial charge in [-0.1, -0.05) is 11.6 Å². The number of phenolic OH excluding ortho intramolecular Hbond substituents is 1. The Hall–Kier alpha value is -1.22. The van der Waals surface area contributed by atoms with E-state index in [0.717, 1.165) is 12.8 Å². The quantitative estimate of drug-likeness (QED) is 0.870. The second-order valence-electron chi connectivity index (χ2n) is 5.11. The number of phenols is 1. The number of carbonyl (C=O) groups excluding carboxylic acids is 1. The van der Waals surface area contributed by atoms with Crippen molar-refractivity contribution in [3.05, 3.63) is 28.8 Å². The van der Waals surface area contributed by atoms with Crippen molar-refractivity contribution in [1.29, 1.82) is 0 Å². The fraction of sp³-hybridized carbons (Fsp3) is 0.462. The average molecular weight is 254 g/mol. The van der Waals surface area contributed by atoms with Crippen LogP contribution in [0.3, 0.4) is 0 Å². The molecule has 0 bridgehead atoms. The van der Waals surface area contributed by atoms with Gasteiger partial charge in [0.05, 0.1) is 10.6 Å². The van der Waals surface area contributed by atoms with Gasteiger partial charge in [-0.2, -0.15) is 0 Å². The van der Waals surface area contributed by atoms with Crippen LogP contribution in [0.25, 0.3) is 0 Å². The Morgan fingerprint density at radius 2 is 2.12 bits per heavy atom. The summed E-state index contributed by atoms with van der Waals surface area (Å²) in [5.41, 5.74) is 0.103. The Labute approximate surface area is 106 Å². The SMILES string of the molecule is CC(C)(NC(=O)c1cc(O)ccc1Cl)C1CC1. The number of rotatable bonds is 3. The Morgan fingerprint density at radius 3 is 2.71 bits per heavy atom. The van der Waals surface area contributed by atoms with Gasteiger partial charge in [-0.3, -0.25) is 4.79 Å². The van der Waals surface area contributed by atoms with Gasteiger partial charge < -0.3 is 10.4 Å². The zero-order valence-corrected chi connectivity index (χ0v) is 10.7. The smallest absolute Gasteiger partial charge is 0.253 e. The number of aromatic hydroxyl groups is 1. The minimum atomic E-state index is -0.234. The first-order valence-electron chi connectivity index (χ1n) is 5.71. The van der Waals surface area contributed by atoms with E-state index in [0.29, 0.717) is 16.5 Å². The zero-order chi connectivity index (χ0) is 12.6. The Kier molecular flexibility index (Phi) is 3.04. The molecule has 0 saturated heterocycles. The third kappa shape index (κ3) is 2.72. The van der Waals surface area contributed by atoms with Crippen molar-refractivity contribution in [3.63, 3.8) is 0 Å². The van der Waals surface area contributed by atoms with E-state index >= 15 is 0 Å². The van der Waals surface area contributed by atoms with Crippen molar-refractivity contribution >= 4 is 17.5 Å². The largest absolute Gasteiger partial charge is 0.508 e. The second kappa shape index (κ2) is 4.22. The molecular weight excluding hydrogens is 238 g/mol. The van der Waals surface area contributed by atoms with Crippen LogP contribution in [-0.4, -0.2) is 16.6 Å². The Balaban J connectivity index is 2.16. The summed E-state index contributed by atoms with van der Waals surface area (Å²) >= 11 is 5.94. The first-order valence-corrected chi connectivity index (χ1v) is 6.09. The van der Waals surface area contributed by atoms with Crippen molar-refractivity contribution in [1.82, 2.24) is 5.32 Å². The molecule has 1 aromatic carbocycles. The first kappa shape index (κ1) is 12.2.